The van der Waals surface area contributed by atoms with Gasteiger partial charge in [0.15, 0.2) is 0 Å². The van der Waals surface area contributed by atoms with E-state index in [1.165, 1.54) is 31.2 Å². The van der Waals surface area contributed by atoms with Gasteiger partial charge in [-0.25, -0.2) is 4.98 Å². The van der Waals surface area contributed by atoms with Crippen molar-refractivity contribution in [2.45, 2.75) is 31.1 Å². The van der Waals surface area contributed by atoms with Gasteiger partial charge in [-0.05, 0) is 37.3 Å². The van der Waals surface area contributed by atoms with Crippen LogP contribution in [0.5, 0.6) is 0 Å². The molecule has 0 radical (unpaired) electrons. The lowest BCUT2D eigenvalue weighted by molar-refractivity contribution is 0.700. The maximum Gasteiger partial charge on any atom is 0.128 e. The zero-order valence-electron chi connectivity index (χ0n) is 9.65. The molecule has 2 heterocycles. The summed E-state index contributed by atoms with van der Waals surface area (Å²) in [5.74, 6) is 1.13. The van der Waals surface area contributed by atoms with Crippen LogP contribution in [0.3, 0.4) is 0 Å². The third-order valence-electron chi connectivity index (χ3n) is 4.03. The molecule has 2 aliphatic rings. The predicted molar refractivity (Wildman–Crippen MR) is 65.7 cm³/mol. The molecule has 1 saturated carbocycles. The number of pyridine rings is 1. The van der Waals surface area contributed by atoms with E-state index in [2.05, 4.69) is 22.0 Å². The van der Waals surface area contributed by atoms with E-state index >= 15 is 0 Å². The fourth-order valence-corrected chi connectivity index (χ4v) is 2.59. The fraction of sp³-hybridized carbons (Fsp3) is 0.615. The van der Waals surface area contributed by atoms with E-state index in [1.54, 1.807) is 0 Å². The second-order valence-corrected chi connectivity index (χ2v) is 5.08. The Balaban J connectivity index is 1.79. The lowest BCUT2D eigenvalue weighted by Gasteiger charge is -2.18. The van der Waals surface area contributed by atoms with Crippen molar-refractivity contribution in [3.8, 4) is 0 Å². The Morgan fingerprint density at radius 3 is 2.50 bits per heavy atom. The molecule has 1 aliphatic carbocycles. The number of nitrogens with two attached hydrogens (primary N) is 1. The van der Waals surface area contributed by atoms with Crippen LogP contribution in [0.2, 0.25) is 0 Å². The highest BCUT2D eigenvalue weighted by Gasteiger charge is 2.43. The molecule has 3 rings (SSSR count). The predicted octanol–water partition coefficient (Wildman–Crippen LogP) is 1.67. The largest absolute Gasteiger partial charge is 0.357 e. The average Bonchev–Trinajstić information content (AvgIpc) is 2.96. The molecule has 0 atom stereocenters. The summed E-state index contributed by atoms with van der Waals surface area (Å²) < 4.78 is 0. The maximum absolute atomic E-state index is 5.82. The molecule has 1 aromatic rings. The van der Waals surface area contributed by atoms with Gasteiger partial charge in [0, 0.05) is 31.2 Å². The van der Waals surface area contributed by atoms with E-state index in [4.69, 9.17) is 5.73 Å². The molecule has 0 spiro atoms. The molecule has 2 fully saturated rings. The van der Waals surface area contributed by atoms with Crippen LogP contribution < -0.4 is 10.6 Å². The lowest BCUT2D eigenvalue weighted by atomic mass is 9.98. The van der Waals surface area contributed by atoms with E-state index in [1.807, 2.05) is 6.20 Å². The van der Waals surface area contributed by atoms with Gasteiger partial charge in [0.2, 0.25) is 0 Å². The Morgan fingerprint density at radius 1 is 1.25 bits per heavy atom. The summed E-state index contributed by atoms with van der Waals surface area (Å²) in [5, 5.41) is 0. The minimum atomic E-state index is 0.274. The molecular weight excluding hydrogens is 198 g/mol. The van der Waals surface area contributed by atoms with Crippen molar-refractivity contribution < 1.29 is 0 Å². The quantitative estimate of drug-likeness (QED) is 0.837. The summed E-state index contributed by atoms with van der Waals surface area (Å²) in [4.78, 5) is 6.95. The topological polar surface area (TPSA) is 42.1 Å². The van der Waals surface area contributed by atoms with Crippen molar-refractivity contribution in [1.29, 1.82) is 0 Å². The molecule has 0 aromatic carbocycles. The van der Waals surface area contributed by atoms with Gasteiger partial charge in [0.25, 0.3) is 0 Å². The van der Waals surface area contributed by atoms with E-state index in [9.17, 15) is 0 Å². The highest BCUT2D eigenvalue weighted by Crippen LogP contribution is 2.47. The Labute approximate surface area is 96.7 Å². The average molecular weight is 217 g/mol. The van der Waals surface area contributed by atoms with Crippen molar-refractivity contribution >= 4 is 5.82 Å². The molecule has 3 heteroatoms. The first-order valence-corrected chi connectivity index (χ1v) is 6.26. The SMILES string of the molecule is NCC1(c2ccc(N3CCCC3)nc2)CC1. The van der Waals surface area contributed by atoms with Gasteiger partial charge >= 0.3 is 0 Å². The minimum absolute atomic E-state index is 0.274. The maximum atomic E-state index is 5.82. The van der Waals surface area contributed by atoms with Crippen LogP contribution >= 0.6 is 0 Å². The Morgan fingerprint density at radius 2 is 2.00 bits per heavy atom. The van der Waals surface area contributed by atoms with Crippen molar-refractivity contribution in [1.82, 2.24) is 4.98 Å². The molecule has 3 nitrogen and oxygen atoms in total. The number of hydrogen-bond donors (Lipinski definition) is 1. The van der Waals surface area contributed by atoms with Crippen LogP contribution in [0.25, 0.3) is 0 Å². The summed E-state index contributed by atoms with van der Waals surface area (Å²) in [7, 11) is 0. The molecule has 16 heavy (non-hydrogen) atoms. The first-order valence-electron chi connectivity index (χ1n) is 6.26. The summed E-state index contributed by atoms with van der Waals surface area (Å²) >= 11 is 0. The molecular formula is C13H19N3. The van der Waals surface area contributed by atoms with Gasteiger partial charge in [-0.2, -0.15) is 0 Å². The van der Waals surface area contributed by atoms with Crippen molar-refractivity contribution in [3.05, 3.63) is 23.9 Å². The first kappa shape index (κ1) is 10.1. The van der Waals surface area contributed by atoms with Crippen LogP contribution in [-0.2, 0) is 5.41 Å². The van der Waals surface area contributed by atoms with Gasteiger partial charge in [-0.1, -0.05) is 6.07 Å². The molecule has 1 saturated heterocycles. The zero-order valence-corrected chi connectivity index (χ0v) is 9.65. The van der Waals surface area contributed by atoms with Crippen LogP contribution in [0, 0.1) is 0 Å². The van der Waals surface area contributed by atoms with Crippen LogP contribution in [-0.4, -0.2) is 24.6 Å². The van der Waals surface area contributed by atoms with E-state index in [0.29, 0.717) is 0 Å². The van der Waals surface area contributed by atoms with Crippen LogP contribution in [0.15, 0.2) is 18.3 Å². The van der Waals surface area contributed by atoms with Gasteiger partial charge in [0.05, 0.1) is 0 Å². The standard InChI is InChI=1S/C13H19N3/c14-10-13(5-6-13)11-3-4-12(15-9-11)16-7-1-2-8-16/h3-4,9H,1-2,5-8,10,14H2. The van der Waals surface area contributed by atoms with Crippen molar-refractivity contribution in [2.24, 2.45) is 5.73 Å². The van der Waals surface area contributed by atoms with Crippen LogP contribution in [0.4, 0.5) is 5.82 Å². The summed E-state index contributed by atoms with van der Waals surface area (Å²) in [6.45, 7) is 3.08. The Bertz CT molecular complexity index is 361. The summed E-state index contributed by atoms with van der Waals surface area (Å²) in [6.07, 6.45) is 7.10. The second-order valence-electron chi connectivity index (χ2n) is 5.08. The number of anilines is 1. The molecule has 0 amide bonds. The molecule has 0 bridgehead atoms. The first-order chi connectivity index (χ1) is 7.84. The van der Waals surface area contributed by atoms with E-state index < -0.39 is 0 Å². The second kappa shape index (κ2) is 3.74. The minimum Gasteiger partial charge on any atom is -0.357 e. The Hall–Kier alpha value is -1.09. The molecule has 1 aromatic heterocycles. The smallest absolute Gasteiger partial charge is 0.128 e. The van der Waals surface area contributed by atoms with Gasteiger partial charge in [-0.3, -0.25) is 0 Å². The summed E-state index contributed by atoms with van der Waals surface area (Å²) in [5.41, 5.74) is 7.43. The summed E-state index contributed by atoms with van der Waals surface area (Å²) in [6, 6.07) is 4.39. The van der Waals surface area contributed by atoms with E-state index in [-0.39, 0.29) is 5.41 Å². The highest BCUT2D eigenvalue weighted by molar-refractivity contribution is 5.42. The lowest BCUT2D eigenvalue weighted by Crippen LogP contribution is -2.21. The van der Waals surface area contributed by atoms with E-state index in [0.717, 1.165) is 25.5 Å². The molecule has 1 aliphatic heterocycles. The molecule has 86 valence electrons. The monoisotopic (exact) mass is 217 g/mol. The number of rotatable bonds is 3. The van der Waals surface area contributed by atoms with Gasteiger partial charge in [-0.15, -0.1) is 0 Å². The van der Waals surface area contributed by atoms with Crippen molar-refractivity contribution in [2.75, 3.05) is 24.5 Å². The van der Waals surface area contributed by atoms with Gasteiger partial charge < -0.3 is 10.6 Å². The molecule has 2 N–H and O–H groups in total. The molecule has 0 unspecified atom stereocenters. The Kier molecular flexibility index (Phi) is 2.36. The number of nitrogens with zero attached hydrogens (tertiary/aromatic N) is 2. The third-order valence-corrected chi connectivity index (χ3v) is 4.03. The van der Waals surface area contributed by atoms with Crippen molar-refractivity contribution in [3.63, 3.8) is 0 Å². The van der Waals surface area contributed by atoms with Crippen LogP contribution in [0.1, 0.15) is 31.2 Å². The zero-order chi connectivity index (χ0) is 11.0. The third kappa shape index (κ3) is 1.59. The normalized spacial score (nSPS) is 22.4. The fourth-order valence-electron chi connectivity index (χ4n) is 2.59. The number of hydrogen-bond acceptors (Lipinski definition) is 3. The highest BCUT2D eigenvalue weighted by atomic mass is 15.2. The van der Waals surface area contributed by atoms with Gasteiger partial charge in [0.1, 0.15) is 5.82 Å². The number of aromatic nitrogens is 1.